The Kier molecular flexibility index (Phi) is 6.72. The highest BCUT2D eigenvalue weighted by molar-refractivity contribution is 5.78. The quantitative estimate of drug-likeness (QED) is 0.653. The van der Waals surface area contributed by atoms with Gasteiger partial charge >= 0.3 is 0 Å². The summed E-state index contributed by atoms with van der Waals surface area (Å²) in [5, 5.41) is 6.37. The highest BCUT2D eigenvalue weighted by Gasteiger charge is 2.23. The van der Waals surface area contributed by atoms with Gasteiger partial charge in [0.2, 0.25) is 0 Å². The van der Waals surface area contributed by atoms with Crippen LogP contribution in [-0.4, -0.2) is 31.6 Å². The summed E-state index contributed by atoms with van der Waals surface area (Å²) < 4.78 is 5.49. The van der Waals surface area contributed by atoms with Crippen LogP contribution in [0.25, 0.3) is 0 Å². The molecule has 0 bridgehead atoms. The molecule has 2 N–H and O–H groups in total. The standard InChI is InChI=1S/C18H28N2O2/c1-14(2)9-11-19-12-10-15-3-7-17(8-4-15)22-13-18(21)20-16-5-6-16/h3-4,7-8,14,16,19H,5-6,9-13H2,1-2H3,(H,20,21). The number of carbonyl (C=O) groups excluding carboxylic acids is 1. The first kappa shape index (κ1) is 16.8. The van der Waals surface area contributed by atoms with E-state index >= 15 is 0 Å². The van der Waals surface area contributed by atoms with Crippen molar-refractivity contribution in [2.45, 2.75) is 45.6 Å². The van der Waals surface area contributed by atoms with Gasteiger partial charge in [-0.15, -0.1) is 0 Å². The SMILES string of the molecule is CC(C)CCNCCc1ccc(OCC(=O)NC2CC2)cc1. The fourth-order valence-electron chi connectivity index (χ4n) is 2.15. The molecule has 0 unspecified atom stereocenters. The number of hydrogen-bond donors (Lipinski definition) is 2. The van der Waals surface area contributed by atoms with Crippen LogP contribution >= 0.6 is 0 Å². The van der Waals surface area contributed by atoms with Crippen molar-refractivity contribution in [3.8, 4) is 5.75 Å². The van der Waals surface area contributed by atoms with Gasteiger partial charge in [0.1, 0.15) is 5.75 Å². The molecule has 1 aliphatic rings. The smallest absolute Gasteiger partial charge is 0.258 e. The predicted molar refractivity (Wildman–Crippen MR) is 89.1 cm³/mol. The van der Waals surface area contributed by atoms with Crippen molar-refractivity contribution >= 4 is 5.91 Å². The molecule has 1 aromatic rings. The summed E-state index contributed by atoms with van der Waals surface area (Å²) in [6, 6.07) is 8.40. The fraction of sp³-hybridized carbons (Fsp3) is 0.611. The van der Waals surface area contributed by atoms with Crippen LogP contribution in [-0.2, 0) is 11.2 Å². The van der Waals surface area contributed by atoms with Crippen molar-refractivity contribution < 1.29 is 9.53 Å². The maximum Gasteiger partial charge on any atom is 0.258 e. The Bertz CT molecular complexity index is 453. The minimum Gasteiger partial charge on any atom is -0.484 e. The van der Waals surface area contributed by atoms with Crippen molar-refractivity contribution in [3.05, 3.63) is 29.8 Å². The van der Waals surface area contributed by atoms with E-state index in [0.29, 0.717) is 6.04 Å². The van der Waals surface area contributed by atoms with Crippen molar-refractivity contribution in [3.63, 3.8) is 0 Å². The van der Waals surface area contributed by atoms with Gasteiger partial charge in [-0.1, -0.05) is 26.0 Å². The summed E-state index contributed by atoms with van der Waals surface area (Å²) in [4.78, 5) is 11.5. The molecule has 0 saturated heterocycles. The van der Waals surface area contributed by atoms with Gasteiger partial charge in [-0.25, -0.2) is 0 Å². The van der Waals surface area contributed by atoms with Crippen LogP contribution in [0.2, 0.25) is 0 Å². The molecule has 4 heteroatoms. The summed E-state index contributed by atoms with van der Waals surface area (Å²) in [7, 11) is 0. The van der Waals surface area contributed by atoms with Gasteiger partial charge in [-0.05, 0) is 62.4 Å². The molecule has 1 aromatic carbocycles. The second-order valence-corrected chi connectivity index (χ2v) is 6.46. The van der Waals surface area contributed by atoms with Crippen LogP contribution in [0, 0.1) is 5.92 Å². The number of amides is 1. The van der Waals surface area contributed by atoms with Gasteiger partial charge < -0.3 is 15.4 Å². The molecule has 1 fully saturated rings. The molecule has 0 atom stereocenters. The summed E-state index contributed by atoms with van der Waals surface area (Å²) in [6.45, 7) is 6.66. The monoisotopic (exact) mass is 304 g/mol. The molecule has 1 amide bonds. The van der Waals surface area contributed by atoms with Crippen LogP contribution in [0.4, 0.5) is 0 Å². The van der Waals surface area contributed by atoms with E-state index in [9.17, 15) is 4.79 Å². The molecule has 22 heavy (non-hydrogen) atoms. The molecular formula is C18H28N2O2. The summed E-state index contributed by atoms with van der Waals surface area (Å²) in [5.74, 6) is 1.48. The molecule has 0 heterocycles. The second kappa shape index (κ2) is 8.79. The fourth-order valence-corrected chi connectivity index (χ4v) is 2.15. The Morgan fingerprint density at radius 3 is 2.59 bits per heavy atom. The lowest BCUT2D eigenvalue weighted by Gasteiger charge is -2.09. The first-order valence-electron chi connectivity index (χ1n) is 8.35. The predicted octanol–water partition coefficient (Wildman–Crippen LogP) is 2.52. The van der Waals surface area contributed by atoms with E-state index in [4.69, 9.17) is 4.74 Å². The van der Waals surface area contributed by atoms with Crippen molar-refractivity contribution in [1.82, 2.24) is 10.6 Å². The number of rotatable bonds is 10. The number of carbonyl (C=O) groups is 1. The second-order valence-electron chi connectivity index (χ2n) is 6.46. The van der Waals surface area contributed by atoms with E-state index in [1.54, 1.807) is 0 Å². The molecular weight excluding hydrogens is 276 g/mol. The third-order valence-electron chi connectivity index (χ3n) is 3.72. The maximum absolute atomic E-state index is 11.5. The zero-order valence-electron chi connectivity index (χ0n) is 13.7. The molecule has 0 radical (unpaired) electrons. The number of benzene rings is 1. The Labute approximate surface area is 133 Å². The minimum atomic E-state index is -0.0269. The maximum atomic E-state index is 11.5. The van der Waals surface area contributed by atoms with E-state index in [0.717, 1.165) is 44.0 Å². The minimum absolute atomic E-state index is 0.0269. The summed E-state index contributed by atoms with van der Waals surface area (Å²) >= 11 is 0. The van der Waals surface area contributed by atoms with Crippen LogP contribution in [0.5, 0.6) is 5.75 Å². The van der Waals surface area contributed by atoms with E-state index in [1.807, 2.05) is 12.1 Å². The molecule has 0 aromatic heterocycles. The average molecular weight is 304 g/mol. The van der Waals surface area contributed by atoms with E-state index in [-0.39, 0.29) is 12.5 Å². The normalized spacial score (nSPS) is 14.1. The average Bonchev–Trinajstić information content (AvgIpc) is 3.29. The largest absolute Gasteiger partial charge is 0.484 e. The first-order chi connectivity index (χ1) is 10.6. The Hall–Kier alpha value is -1.55. The molecule has 122 valence electrons. The van der Waals surface area contributed by atoms with Crippen LogP contribution < -0.4 is 15.4 Å². The lowest BCUT2D eigenvalue weighted by Crippen LogP contribution is -2.30. The first-order valence-corrected chi connectivity index (χ1v) is 8.35. The molecule has 1 saturated carbocycles. The van der Waals surface area contributed by atoms with Crippen LogP contribution in [0.1, 0.15) is 38.7 Å². The Balaban J connectivity index is 1.61. The van der Waals surface area contributed by atoms with Crippen molar-refractivity contribution in [1.29, 1.82) is 0 Å². The van der Waals surface area contributed by atoms with Gasteiger partial charge in [0.15, 0.2) is 6.61 Å². The topological polar surface area (TPSA) is 50.4 Å². The summed E-state index contributed by atoms with van der Waals surface area (Å²) in [5.41, 5.74) is 1.28. The third-order valence-corrected chi connectivity index (χ3v) is 3.72. The molecule has 2 rings (SSSR count). The lowest BCUT2D eigenvalue weighted by molar-refractivity contribution is -0.123. The van der Waals surface area contributed by atoms with Gasteiger partial charge in [-0.3, -0.25) is 4.79 Å². The van der Waals surface area contributed by atoms with Gasteiger partial charge in [0, 0.05) is 6.04 Å². The van der Waals surface area contributed by atoms with Crippen LogP contribution in [0.15, 0.2) is 24.3 Å². The van der Waals surface area contributed by atoms with E-state index < -0.39 is 0 Å². The van der Waals surface area contributed by atoms with Crippen molar-refractivity contribution in [2.75, 3.05) is 19.7 Å². The van der Waals surface area contributed by atoms with Gasteiger partial charge in [0.05, 0.1) is 0 Å². The lowest BCUT2D eigenvalue weighted by atomic mass is 10.1. The Morgan fingerprint density at radius 2 is 1.95 bits per heavy atom. The van der Waals surface area contributed by atoms with E-state index in [2.05, 4.69) is 36.6 Å². The molecule has 4 nitrogen and oxygen atoms in total. The van der Waals surface area contributed by atoms with Crippen molar-refractivity contribution in [2.24, 2.45) is 5.92 Å². The van der Waals surface area contributed by atoms with Gasteiger partial charge in [0.25, 0.3) is 5.91 Å². The zero-order valence-corrected chi connectivity index (χ0v) is 13.7. The molecule has 0 spiro atoms. The van der Waals surface area contributed by atoms with Gasteiger partial charge in [-0.2, -0.15) is 0 Å². The number of nitrogens with one attached hydrogen (secondary N) is 2. The zero-order chi connectivity index (χ0) is 15.8. The van der Waals surface area contributed by atoms with E-state index in [1.165, 1.54) is 12.0 Å². The molecule has 1 aliphatic carbocycles. The number of ether oxygens (including phenoxy) is 1. The molecule has 0 aliphatic heterocycles. The summed E-state index contributed by atoms with van der Waals surface area (Å²) in [6.07, 6.45) is 4.44. The number of hydrogen-bond acceptors (Lipinski definition) is 3. The Morgan fingerprint density at radius 1 is 1.23 bits per heavy atom. The van der Waals surface area contributed by atoms with Crippen LogP contribution in [0.3, 0.4) is 0 Å². The highest BCUT2D eigenvalue weighted by Crippen LogP contribution is 2.18. The highest BCUT2D eigenvalue weighted by atomic mass is 16.5. The third kappa shape index (κ3) is 6.94.